The van der Waals surface area contributed by atoms with Crippen molar-refractivity contribution in [1.29, 1.82) is 0 Å². The van der Waals surface area contributed by atoms with Crippen LogP contribution in [0.15, 0.2) is 5.38 Å². The highest BCUT2D eigenvalue weighted by Gasteiger charge is 2.04. The quantitative estimate of drug-likeness (QED) is 0.602. The number of hydrogen-bond donors (Lipinski definition) is 1. The second kappa shape index (κ2) is 4.37. The molecule has 0 bridgehead atoms. The van der Waals surface area contributed by atoms with Gasteiger partial charge < -0.3 is 9.72 Å². The predicted octanol–water partition coefficient (Wildman–Crippen LogP) is 1.91. The maximum Gasteiger partial charge on any atom is 0.311 e. The lowest BCUT2D eigenvalue weighted by atomic mass is 10.3. The number of aromatic nitrogens is 1. The Morgan fingerprint density at radius 2 is 2.58 bits per heavy atom. The summed E-state index contributed by atoms with van der Waals surface area (Å²) in [5.41, 5.74) is 0.823. The molecule has 0 aliphatic heterocycles. The maximum atomic E-state index is 11.0. The Kier molecular flexibility index (Phi) is 3.43. The number of H-pyrrole nitrogens is 1. The fraction of sp³-hybridized carbons (Fsp3) is 0.429. The van der Waals surface area contributed by atoms with E-state index in [1.165, 1.54) is 11.3 Å². The predicted molar refractivity (Wildman–Crippen MR) is 49.8 cm³/mol. The number of ether oxygens (including phenoxy) is 1. The molecular weight excluding hydrogens is 194 g/mol. The highest BCUT2D eigenvalue weighted by Crippen LogP contribution is 2.05. The monoisotopic (exact) mass is 203 g/mol. The molecule has 0 unspecified atom stereocenters. The van der Waals surface area contributed by atoms with E-state index in [1.54, 1.807) is 6.92 Å². The zero-order valence-corrected chi connectivity index (χ0v) is 8.26. The number of carbonyl (C=O) groups is 1. The normalized spacial score (nSPS) is 9.75. The topological polar surface area (TPSA) is 42.1 Å². The molecule has 12 heavy (non-hydrogen) atoms. The summed E-state index contributed by atoms with van der Waals surface area (Å²) in [5.74, 6) is -0.221. The third-order valence-electron chi connectivity index (χ3n) is 1.21. The summed E-state index contributed by atoms with van der Waals surface area (Å²) in [4.78, 5) is 13.8. The Labute approximate surface area is 79.4 Å². The number of rotatable bonds is 3. The van der Waals surface area contributed by atoms with Crippen molar-refractivity contribution in [2.24, 2.45) is 0 Å². The molecule has 3 nitrogen and oxygen atoms in total. The van der Waals surface area contributed by atoms with E-state index in [9.17, 15) is 4.79 Å². The lowest BCUT2D eigenvalue weighted by Gasteiger charge is -1.97. The van der Waals surface area contributed by atoms with Crippen LogP contribution in [0.1, 0.15) is 12.6 Å². The first kappa shape index (κ1) is 9.41. The van der Waals surface area contributed by atoms with Gasteiger partial charge in [-0.1, -0.05) is 0 Å². The SMILES string of the molecule is CCOC(=O)Cc1csc(=S)[nH]1. The van der Waals surface area contributed by atoms with Crippen LogP contribution in [0.3, 0.4) is 0 Å². The molecular formula is C7H9NO2S2. The van der Waals surface area contributed by atoms with Crippen molar-refractivity contribution in [3.8, 4) is 0 Å². The third-order valence-corrected chi connectivity index (χ3v) is 2.32. The van der Waals surface area contributed by atoms with Crippen molar-refractivity contribution in [1.82, 2.24) is 4.98 Å². The molecule has 66 valence electrons. The average molecular weight is 203 g/mol. The molecule has 0 aliphatic carbocycles. The number of aromatic amines is 1. The first-order chi connectivity index (χ1) is 5.72. The Balaban J connectivity index is 2.52. The van der Waals surface area contributed by atoms with Gasteiger partial charge in [0.25, 0.3) is 0 Å². The number of carbonyl (C=O) groups excluding carboxylic acids is 1. The molecule has 0 saturated carbocycles. The number of thiazole rings is 1. The Morgan fingerprint density at radius 1 is 1.83 bits per heavy atom. The van der Waals surface area contributed by atoms with Gasteiger partial charge in [0, 0.05) is 11.1 Å². The van der Waals surface area contributed by atoms with Gasteiger partial charge in [0.2, 0.25) is 0 Å². The summed E-state index contributed by atoms with van der Waals surface area (Å²) in [5, 5.41) is 1.83. The molecule has 1 rings (SSSR count). The minimum atomic E-state index is -0.221. The van der Waals surface area contributed by atoms with Crippen LogP contribution >= 0.6 is 23.6 Å². The van der Waals surface area contributed by atoms with Gasteiger partial charge in [-0.25, -0.2) is 0 Å². The van der Waals surface area contributed by atoms with E-state index in [1.807, 2.05) is 5.38 Å². The van der Waals surface area contributed by atoms with E-state index in [4.69, 9.17) is 17.0 Å². The molecule has 0 saturated heterocycles. The van der Waals surface area contributed by atoms with E-state index in [0.717, 1.165) is 5.69 Å². The van der Waals surface area contributed by atoms with Crippen molar-refractivity contribution in [2.75, 3.05) is 6.61 Å². The van der Waals surface area contributed by atoms with Crippen LogP contribution in [-0.2, 0) is 16.0 Å². The second-order valence-electron chi connectivity index (χ2n) is 2.16. The van der Waals surface area contributed by atoms with Gasteiger partial charge >= 0.3 is 5.97 Å². The van der Waals surface area contributed by atoms with E-state index in [-0.39, 0.29) is 12.4 Å². The Bertz CT molecular complexity index is 315. The summed E-state index contributed by atoms with van der Waals surface area (Å²) >= 11 is 6.28. The van der Waals surface area contributed by atoms with Crippen LogP contribution < -0.4 is 0 Å². The summed E-state index contributed by atoms with van der Waals surface area (Å²) in [6.45, 7) is 2.21. The molecule has 0 spiro atoms. The van der Waals surface area contributed by atoms with Crippen LogP contribution in [-0.4, -0.2) is 17.6 Å². The van der Waals surface area contributed by atoms with E-state index in [0.29, 0.717) is 10.6 Å². The molecule has 1 aromatic heterocycles. The Hall–Kier alpha value is -0.680. The Morgan fingerprint density at radius 3 is 3.08 bits per heavy atom. The fourth-order valence-electron chi connectivity index (χ4n) is 0.768. The lowest BCUT2D eigenvalue weighted by Crippen LogP contribution is -2.07. The highest BCUT2D eigenvalue weighted by molar-refractivity contribution is 7.73. The molecule has 0 aliphatic rings. The number of nitrogens with one attached hydrogen (secondary N) is 1. The van der Waals surface area contributed by atoms with E-state index in [2.05, 4.69) is 4.98 Å². The van der Waals surface area contributed by atoms with Crippen molar-refractivity contribution >= 4 is 29.5 Å². The molecule has 0 fully saturated rings. The molecule has 0 atom stereocenters. The fourth-order valence-corrected chi connectivity index (χ4v) is 1.63. The van der Waals surface area contributed by atoms with Gasteiger partial charge in [0.05, 0.1) is 13.0 Å². The number of hydrogen-bond acceptors (Lipinski definition) is 4. The van der Waals surface area contributed by atoms with Crippen LogP contribution in [0.5, 0.6) is 0 Å². The first-order valence-corrected chi connectivity index (χ1v) is 4.83. The van der Waals surface area contributed by atoms with Crippen LogP contribution in [0.2, 0.25) is 0 Å². The van der Waals surface area contributed by atoms with Crippen molar-refractivity contribution in [3.05, 3.63) is 15.0 Å². The molecule has 0 amide bonds. The van der Waals surface area contributed by atoms with Gasteiger partial charge in [-0.15, -0.1) is 11.3 Å². The van der Waals surface area contributed by atoms with Gasteiger partial charge in [0.1, 0.15) is 0 Å². The highest BCUT2D eigenvalue weighted by atomic mass is 32.1. The molecule has 0 radical (unpaired) electrons. The van der Waals surface area contributed by atoms with E-state index >= 15 is 0 Å². The van der Waals surface area contributed by atoms with Crippen molar-refractivity contribution in [3.63, 3.8) is 0 Å². The second-order valence-corrected chi connectivity index (χ2v) is 3.70. The zero-order chi connectivity index (χ0) is 8.97. The van der Waals surface area contributed by atoms with Gasteiger partial charge in [0.15, 0.2) is 3.95 Å². The summed E-state index contributed by atoms with van der Waals surface area (Å²) in [6.07, 6.45) is 0.279. The summed E-state index contributed by atoms with van der Waals surface area (Å²) in [7, 11) is 0. The minimum Gasteiger partial charge on any atom is -0.466 e. The molecule has 1 N–H and O–H groups in total. The van der Waals surface area contributed by atoms with Crippen molar-refractivity contribution < 1.29 is 9.53 Å². The van der Waals surface area contributed by atoms with Gasteiger partial charge in [-0.3, -0.25) is 4.79 Å². The molecule has 1 heterocycles. The summed E-state index contributed by atoms with van der Waals surface area (Å²) in [6, 6.07) is 0. The largest absolute Gasteiger partial charge is 0.466 e. The average Bonchev–Trinajstić information content (AvgIpc) is 2.36. The number of esters is 1. The smallest absolute Gasteiger partial charge is 0.311 e. The molecule has 0 aromatic carbocycles. The lowest BCUT2D eigenvalue weighted by molar-refractivity contribution is -0.142. The van der Waals surface area contributed by atoms with E-state index < -0.39 is 0 Å². The maximum absolute atomic E-state index is 11.0. The third kappa shape index (κ3) is 2.75. The van der Waals surface area contributed by atoms with Crippen LogP contribution in [0.4, 0.5) is 0 Å². The zero-order valence-electron chi connectivity index (χ0n) is 6.62. The van der Waals surface area contributed by atoms with Crippen LogP contribution in [0, 0.1) is 3.95 Å². The van der Waals surface area contributed by atoms with Crippen molar-refractivity contribution in [2.45, 2.75) is 13.3 Å². The molecule has 5 heteroatoms. The molecule has 1 aromatic rings. The minimum absolute atomic E-state index is 0.221. The van der Waals surface area contributed by atoms with Gasteiger partial charge in [-0.2, -0.15) is 0 Å². The standard InChI is InChI=1S/C7H9NO2S2/c1-2-10-6(9)3-5-4-12-7(11)8-5/h4H,2-3H2,1H3,(H,8,11). The van der Waals surface area contributed by atoms with Crippen LogP contribution in [0.25, 0.3) is 0 Å². The summed E-state index contributed by atoms with van der Waals surface area (Å²) < 4.78 is 5.46. The van der Waals surface area contributed by atoms with Gasteiger partial charge in [-0.05, 0) is 19.1 Å². The first-order valence-electron chi connectivity index (χ1n) is 3.54.